The van der Waals surface area contributed by atoms with Crippen LogP contribution in [0.1, 0.15) is 24.1 Å². The molecule has 0 aliphatic rings. The third-order valence-electron chi connectivity index (χ3n) is 4.90. The van der Waals surface area contributed by atoms with E-state index in [9.17, 15) is 0 Å². The summed E-state index contributed by atoms with van der Waals surface area (Å²) < 4.78 is 18.2. The smallest absolute Gasteiger partial charge is 0.196 e. The lowest BCUT2D eigenvalue weighted by molar-refractivity contribution is 0.311. The fourth-order valence-corrected chi connectivity index (χ4v) is 2.97. The first kappa shape index (κ1) is 26.2. The van der Waals surface area contributed by atoms with E-state index < -0.39 is 0 Å². The summed E-state index contributed by atoms with van der Waals surface area (Å²) in [4.78, 5) is 4.74. The zero-order valence-corrected chi connectivity index (χ0v) is 21.9. The van der Waals surface area contributed by atoms with E-state index in [-0.39, 0.29) is 24.0 Å². The highest BCUT2D eigenvalue weighted by Gasteiger charge is 2.10. The maximum Gasteiger partial charge on any atom is 0.196 e. The van der Waals surface area contributed by atoms with Gasteiger partial charge in [0, 0.05) is 18.8 Å². The van der Waals surface area contributed by atoms with Gasteiger partial charge in [0.15, 0.2) is 23.3 Å². The molecule has 178 valence electrons. The first-order valence-corrected chi connectivity index (χ1v) is 10.4. The number of nitrogens with zero attached hydrogens (tertiary/aromatic N) is 4. The van der Waals surface area contributed by atoms with Gasteiger partial charge in [-0.1, -0.05) is 12.1 Å². The molecular formula is C23H31IN6O3. The number of anilines is 1. The number of ether oxygens (including phenoxy) is 3. The number of methoxy groups -OCH3 is 2. The summed E-state index contributed by atoms with van der Waals surface area (Å²) in [6.45, 7) is 5.36. The Hall–Kier alpha value is -3.02. The van der Waals surface area contributed by atoms with Gasteiger partial charge in [-0.3, -0.25) is 0 Å². The Balaban J connectivity index is 0.00000385. The van der Waals surface area contributed by atoms with E-state index in [0.29, 0.717) is 37.2 Å². The van der Waals surface area contributed by atoms with Crippen LogP contribution in [0.5, 0.6) is 17.2 Å². The fraction of sp³-hybridized carbons (Fsp3) is 0.348. The zero-order chi connectivity index (χ0) is 22.9. The molecule has 33 heavy (non-hydrogen) atoms. The van der Waals surface area contributed by atoms with Crippen LogP contribution in [0.2, 0.25) is 0 Å². The van der Waals surface area contributed by atoms with Crippen LogP contribution in [0.4, 0.5) is 5.69 Å². The van der Waals surface area contributed by atoms with Gasteiger partial charge in [0.25, 0.3) is 0 Å². The molecule has 0 unspecified atom stereocenters. The molecule has 1 aromatic heterocycles. The molecule has 1 heterocycles. The largest absolute Gasteiger partial charge is 0.497 e. The third kappa shape index (κ3) is 7.24. The Morgan fingerprint density at radius 2 is 1.79 bits per heavy atom. The van der Waals surface area contributed by atoms with Crippen molar-refractivity contribution in [1.82, 2.24) is 20.1 Å². The van der Waals surface area contributed by atoms with Crippen molar-refractivity contribution in [2.45, 2.75) is 26.9 Å². The van der Waals surface area contributed by atoms with Gasteiger partial charge in [-0.25, -0.2) is 4.99 Å². The van der Waals surface area contributed by atoms with Crippen LogP contribution in [0, 0.1) is 6.92 Å². The van der Waals surface area contributed by atoms with Gasteiger partial charge >= 0.3 is 0 Å². The number of aryl methyl sites for hydroxylation is 1. The van der Waals surface area contributed by atoms with Gasteiger partial charge in [0.2, 0.25) is 0 Å². The minimum absolute atomic E-state index is 0. The van der Waals surface area contributed by atoms with E-state index in [1.165, 1.54) is 0 Å². The van der Waals surface area contributed by atoms with E-state index in [0.717, 1.165) is 28.6 Å². The molecule has 2 aromatic carbocycles. The Labute approximate surface area is 211 Å². The Morgan fingerprint density at radius 1 is 1.03 bits per heavy atom. The van der Waals surface area contributed by atoms with Crippen LogP contribution in [-0.4, -0.2) is 41.6 Å². The van der Waals surface area contributed by atoms with E-state index in [1.807, 2.05) is 67.9 Å². The second kappa shape index (κ2) is 12.9. The average Bonchev–Trinajstić information content (AvgIpc) is 3.14. The number of nitrogens with one attached hydrogen (secondary N) is 2. The van der Waals surface area contributed by atoms with Gasteiger partial charge in [0.1, 0.15) is 11.6 Å². The van der Waals surface area contributed by atoms with Crippen LogP contribution >= 0.6 is 24.0 Å². The third-order valence-corrected chi connectivity index (χ3v) is 4.90. The lowest BCUT2D eigenvalue weighted by Crippen LogP contribution is -2.31. The van der Waals surface area contributed by atoms with E-state index in [1.54, 1.807) is 14.2 Å². The number of guanidine groups is 1. The molecule has 0 saturated heterocycles. The molecule has 0 spiro atoms. The summed E-state index contributed by atoms with van der Waals surface area (Å²) in [5, 5.41) is 15.0. The van der Waals surface area contributed by atoms with Crippen LogP contribution in [0.15, 0.2) is 47.5 Å². The Kier molecular flexibility index (Phi) is 10.2. The van der Waals surface area contributed by atoms with Crippen molar-refractivity contribution in [2.75, 3.05) is 26.1 Å². The molecule has 3 rings (SSSR count). The summed E-state index contributed by atoms with van der Waals surface area (Å²) in [6, 6.07) is 13.5. The van der Waals surface area contributed by atoms with E-state index >= 15 is 0 Å². The van der Waals surface area contributed by atoms with Crippen LogP contribution in [0.3, 0.4) is 0 Å². The lowest BCUT2D eigenvalue weighted by Gasteiger charge is -2.15. The highest BCUT2D eigenvalue weighted by Crippen LogP contribution is 2.30. The van der Waals surface area contributed by atoms with Crippen molar-refractivity contribution in [3.8, 4) is 17.2 Å². The van der Waals surface area contributed by atoms with Gasteiger partial charge in [-0.15, -0.1) is 34.2 Å². The topological polar surface area (TPSA) is 94.8 Å². The molecule has 3 aromatic rings. The number of rotatable bonds is 9. The maximum absolute atomic E-state index is 5.69. The van der Waals surface area contributed by atoms with Crippen LogP contribution < -0.4 is 24.8 Å². The predicted octanol–water partition coefficient (Wildman–Crippen LogP) is 3.92. The quantitative estimate of drug-likeness (QED) is 0.231. The average molecular weight is 566 g/mol. The van der Waals surface area contributed by atoms with Crippen LogP contribution in [-0.2, 0) is 20.1 Å². The van der Waals surface area contributed by atoms with Crippen molar-refractivity contribution >= 4 is 35.6 Å². The van der Waals surface area contributed by atoms with Gasteiger partial charge in [0.05, 0.1) is 33.9 Å². The monoisotopic (exact) mass is 566 g/mol. The number of benzene rings is 2. The Bertz CT molecular complexity index is 1050. The number of halogens is 1. The van der Waals surface area contributed by atoms with Gasteiger partial charge in [-0.2, -0.15) is 0 Å². The minimum Gasteiger partial charge on any atom is -0.497 e. The first-order chi connectivity index (χ1) is 15.5. The zero-order valence-electron chi connectivity index (χ0n) is 19.6. The van der Waals surface area contributed by atoms with E-state index in [2.05, 4.69) is 20.8 Å². The SMILES string of the molecule is CCOc1cc(NC(=NCc2ccc(OC)cc2)NCc2nnc(C)n2C)ccc1OC.I. The summed E-state index contributed by atoms with van der Waals surface area (Å²) in [5.74, 6) is 4.42. The van der Waals surface area contributed by atoms with Crippen molar-refractivity contribution in [3.63, 3.8) is 0 Å². The molecule has 0 amide bonds. The fourth-order valence-electron chi connectivity index (χ4n) is 2.97. The second-order valence-electron chi connectivity index (χ2n) is 7.01. The summed E-state index contributed by atoms with van der Waals surface area (Å²) in [5.41, 5.74) is 1.88. The second-order valence-corrected chi connectivity index (χ2v) is 7.01. The molecule has 9 nitrogen and oxygen atoms in total. The van der Waals surface area contributed by atoms with Crippen molar-refractivity contribution in [1.29, 1.82) is 0 Å². The van der Waals surface area contributed by atoms with E-state index in [4.69, 9.17) is 19.2 Å². The van der Waals surface area contributed by atoms with Gasteiger partial charge < -0.3 is 29.4 Å². The molecule has 0 radical (unpaired) electrons. The molecule has 0 aliphatic carbocycles. The number of aliphatic imine (C=N–C) groups is 1. The van der Waals surface area contributed by atoms with Crippen molar-refractivity contribution < 1.29 is 14.2 Å². The molecular weight excluding hydrogens is 535 g/mol. The molecule has 0 saturated carbocycles. The van der Waals surface area contributed by atoms with Crippen molar-refractivity contribution in [3.05, 3.63) is 59.7 Å². The number of aromatic nitrogens is 3. The highest BCUT2D eigenvalue weighted by molar-refractivity contribution is 14.0. The maximum atomic E-state index is 5.69. The lowest BCUT2D eigenvalue weighted by atomic mass is 10.2. The molecule has 10 heteroatoms. The predicted molar refractivity (Wildman–Crippen MR) is 140 cm³/mol. The van der Waals surface area contributed by atoms with Gasteiger partial charge in [-0.05, 0) is 43.7 Å². The van der Waals surface area contributed by atoms with Crippen molar-refractivity contribution in [2.24, 2.45) is 12.0 Å². The summed E-state index contributed by atoms with van der Waals surface area (Å²) in [7, 11) is 5.21. The highest BCUT2D eigenvalue weighted by atomic mass is 127. The molecule has 0 bridgehead atoms. The minimum atomic E-state index is 0. The molecule has 0 aliphatic heterocycles. The summed E-state index contributed by atoms with van der Waals surface area (Å²) >= 11 is 0. The molecule has 0 atom stereocenters. The molecule has 2 N–H and O–H groups in total. The van der Waals surface area contributed by atoms with Crippen LogP contribution in [0.25, 0.3) is 0 Å². The number of hydrogen-bond acceptors (Lipinski definition) is 6. The standard InChI is InChI=1S/C23H30N6O3.HI/c1-6-32-21-13-18(9-12-20(21)31-5)26-23(25-15-22-28-27-16(2)29(22)3)24-14-17-7-10-19(30-4)11-8-17;/h7-13H,6,14-15H2,1-5H3,(H2,24,25,26);1H. The normalized spacial score (nSPS) is 10.9. The number of hydrogen-bond donors (Lipinski definition) is 2. The first-order valence-electron chi connectivity index (χ1n) is 10.4. The Morgan fingerprint density at radius 3 is 2.39 bits per heavy atom. The summed E-state index contributed by atoms with van der Waals surface area (Å²) in [6.07, 6.45) is 0. The molecule has 0 fully saturated rings.